The van der Waals surface area contributed by atoms with Crippen LogP contribution < -0.4 is 10.2 Å². The molecule has 0 spiro atoms. The fourth-order valence-corrected chi connectivity index (χ4v) is 4.84. The molecule has 0 aliphatic rings. The van der Waals surface area contributed by atoms with Crippen LogP contribution in [0, 0.1) is 0 Å². The van der Waals surface area contributed by atoms with Crippen molar-refractivity contribution >= 4 is 8.07 Å². The number of ether oxygens (including phenoxy) is 2. The van der Waals surface area contributed by atoms with Gasteiger partial charge in [0.05, 0.1) is 24.8 Å². The van der Waals surface area contributed by atoms with Crippen LogP contribution in [-0.2, 0) is 24.5 Å². The van der Waals surface area contributed by atoms with Crippen LogP contribution in [0.1, 0.15) is 16.8 Å². The zero-order valence-corrected chi connectivity index (χ0v) is 24.6. The van der Waals surface area contributed by atoms with Gasteiger partial charge in [0.15, 0.2) is 11.6 Å². The highest BCUT2D eigenvalue weighted by Crippen LogP contribution is 2.20. The summed E-state index contributed by atoms with van der Waals surface area (Å²) in [5.74, 6) is 1.18. The average Bonchev–Trinajstić information content (AvgIpc) is 3.45. The third-order valence-electron chi connectivity index (χ3n) is 6.42. The van der Waals surface area contributed by atoms with Gasteiger partial charge in [0, 0.05) is 38.9 Å². The molecule has 0 saturated carbocycles. The maximum absolute atomic E-state index is 12.7. The molecule has 0 aliphatic carbocycles. The molecule has 10 heteroatoms. The molecule has 0 N–H and O–H groups in total. The van der Waals surface area contributed by atoms with Gasteiger partial charge in [-0.1, -0.05) is 68.2 Å². The molecule has 3 aromatic heterocycles. The van der Waals surface area contributed by atoms with Crippen LogP contribution in [-0.4, -0.2) is 44.2 Å². The molecular weight excluding hydrogens is 532 g/mol. The summed E-state index contributed by atoms with van der Waals surface area (Å²) in [6.07, 6.45) is 8.96. The van der Waals surface area contributed by atoms with Crippen LogP contribution in [0.15, 0.2) is 96.4 Å². The van der Waals surface area contributed by atoms with E-state index in [1.54, 1.807) is 34.2 Å². The Hall–Kier alpha value is -4.41. The van der Waals surface area contributed by atoms with Crippen molar-refractivity contribution in [3.63, 3.8) is 0 Å². The van der Waals surface area contributed by atoms with E-state index in [4.69, 9.17) is 9.47 Å². The summed E-state index contributed by atoms with van der Waals surface area (Å²) >= 11 is 0. The monoisotopic (exact) mass is 566 g/mol. The molecule has 5 rings (SSSR count). The van der Waals surface area contributed by atoms with E-state index < -0.39 is 8.07 Å². The molecule has 210 valence electrons. The molecule has 0 atom stereocenters. The predicted octanol–water partition coefficient (Wildman–Crippen LogP) is 5.37. The molecule has 0 fully saturated rings. The molecule has 2 aromatic carbocycles. The zero-order valence-electron chi connectivity index (χ0n) is 23.6. The quantitative estimate of drug-likeness (QED) is 0.148. The lowest BCUT2D eigenvalue weighted by atomic mass is 10.1. The maximum atomic E-state index is 12.7. The second-order valence-corrected chi connectivity index (χ2v) is 16.7. The SMILES string of the molecule is C[Si](C)(C)CCOCn1cc(-n2ccc(=O)c(Cc3cccc(-c4ncc(OCc5ccccc5)cn4)c3)n2)cn1. The summed E-state index contributed by atoms with van der Waals surface area (Å²) in [6, 6.07) is 20.4. The van der Waals surface area contributed by atoms with Gasteiger partial charge in [-0.15, -0.1) is 0 Å². The molecule has 41 heavy (non-hydrogen) atoms. The molecule has 0 aliphatic heterocycles. The van der Waals surface area contributed by atoms with Crippen molar-refractivity contribution in [3.8, 4) is 22.8 Å². The fourth-order valence-electron chi connectivity index (χ4n) is 4.09. The normalized spacial score (nSPS) is 11.5. The summed E-state index contributed by atoms with van der Waals surface area (Å²) in [7, 11) is -1.14. The van der Waals surface area contributed by atoms with Crippen LogP contribution >= 0.6 is 0 Å². The Morgan fingerprint density at radius 3 is 2.46 bits per heavy atom. The predicted molar refractivity (Wildman–Crippen MR) is 161 cm³/mol. The molecule has 0 bridgehead atoms. The van der Waals surface area contributed by atoms with E-state index in [2.05, 4.69) is 39.8 Å². The molecule has 3 heterocycles. The van der Waals surface area contributed by atoms with Crippen LogP contribution in [0.3, 0.4) is 0 Å². The van der Waals surface area contributed by atoms with Crippen LogP contribution in [0.4, 0.5) is 0 Å². The molecule has 0 amide bonds. The molecule has 5 aromatic rings. The lowest BCUT2D eigenvalue weighted by molar-refractivity contribution is 0.0786. The zero-order chi connectivity index (χ0) is 28.7. The summed E-state index contributed by atoms with van der Waals surface area (Å²) in [5.41, 5.74) is 3.94. The van der Waals surface area contributed by atoms with Crippen molar-refractivity contribution in [1.82, 2.24) is 29.5 Å². The number of benzene rings is 2. The van der Waals surface area contributed by atoms with E-state index in [0.29, 0.717) is 37.0 Å². The maximum Gasteiger partial charge on any atom is 0.203 e. The summed E-state index contributed by atoms with van der Waals surface area (Å²) in [6.45, 7) is 8.54. The Labute approximate surface area is 240 Å². The standard InChI is InChI=1S/C31H34N6O3Si/c1-41(2,3)15-14-39-23-36-21-27(18-34-36)37-13-12-30(38)29(35-37)17-25-10-7-11-26(16-25)31-32-19-28(20-33-31)40-22-24-8-5-4-6-9-24/h4-13,16,18-21H,14-15,17,22-23H2,1-3H3. The highest BCUT2D eigenvalue weighted by Gasteiger charge is 2.13. The first kappa shape index (κ1) is 28.1. The molecular formula is C31H34N6O3Si. The lowest BCUT2D eigenvalue weighted by Gasteiger charge is -2.15. The van der Waals surface area contributed by atoms with Crippen LogP contribution in [0.25, 0.3) is 17.1 Å². The highest BCUT2D eigenvalue weighted by molar-refractivity contribution is 6.76. The Morgan fingerprint density at radius 2 is 1.68 bits per heavy atom. The van der Waals surface area contributed by atoms with Crippen molar-refractivity contribution in [2.45, 2.75) is 45.4 Å². The second-order valence-electron chi connectivity index (χ2n) is 11.1. The fraction of sp³-hybridized carbons (Fsp3) is 0.258. The topological polar surface area (TPSA) is 97.0 Å². The van der Waals surface area contributed by atoms with Gasteiger partial charge in [-0.3, -0.25) is 4.79 Å². The first-order valence-electron chi connectivity index (χ1n) is 13.6. The Morgan fingerprint density at radius 1 is 0.902 bits per heavy atom. The minimum Gasteiger partial charge on any atom is -0.486 e. The molecule has 9 nitrogen and oxygen atoms in total. The van der Waals surface area contributed by atoms with Gasteiger partial charge >= 0.3 is 0 Å². The summed E-state index contributed by atoms with van der Waals surface area (Å²) in [5, 5.41) is 8.99. The van der Waals surface area contributed by atoms with Crippen molar-refractivity contribution in [2.75, 3.05) is 6.61 Å². The number of hydrogen-bond acceptors (Lipinski definition) is 7. The highest BCUT2D eigenvalue weighted by atomic mass is 28.3. The van der Waals surface area contributed by atoms with E-state index in [9.17, 15) is 4.79 Å². The number of aromatic nitrogens is 6. The van der Waals surface area contributed by atoms with Crippen molar-refractivity contribution in [3.05, 3.63) is 119 Å². The minimum absolute atomic E-state index is 0.120. The Bertz CT molecular complexity index is 1630. The number of hydrogen-bond donors (Lipinski definition) is 0. The molecule has 0 unspecified atom stereocenters. The summed E-state index contributed by atoms with van der Waals surface area (Å²) < 4.78 is 15.0. The van der Waals surface area contributed by atoms with Gasteiger partial charge in [-0.25, -0.2) is 19.3 Å². The van der Waals surface area contributed by atoms with E-state index in [1.807, 2.05) is 60.8 Å². The van der Waals surface area contributed by atoms with E-state index in [1.165, 1.54) is 6.07 Å². The smallest absolute Gasteiger partial charge is 0.203 e. The summed E-state index contributed by atoms with van der Waals surface area (Å²) in [4.78, 5) is 21.6. The minimum atomic E-state index is -1.14. The van der Waals surface area contributed by atoms with Crippen LogP contribution in [0.5, 0.6) is 5.75 Å². The molecule has 0 radical (unpaired) electrons. The third-order valence-corrected chi connectivity index (χ3v) is 8.12. The van der Waals surface area contributed by atoms with Gasteiger partial charge < -0.3 is 9.47 Å². The number of nitrogens with zero attached hydrogens (tertiary/aromatic N) is 6. The van der Waals surface area contributed by atoms with Crippen LogP contribution in [0.2, 0.25) is 25.7 Å². The average molecular weight is 567 g/mol. The Balaban J connectivity index is 1.23. The Kier molecular flexibility index (Phi) is 8.81. The van der Waals surface area contributed by atoms with Gasteiger partial charge in [-0.05, 0) is 23.2 Å². The van der Waals surface area contributed by atoms with Gasteiger partial charge in [0.1, 0.15) is 24.7 Å². The largest absolute Gasteiger partial charge is 0.486 e. The first-order valence-corrected chi connectivity index (χ1v) is 17.3. The van der Waals surface area contributed by atoms with Crippen molar-refractivity contribution in [2.24, 2.45) is 0 Å². The van der Waals surface area contributed by atoms with Crippen molar-refractivity contribution < 1.29 is 9.47 Å². The van der Waals surface area contributed by atoms with E-state index in [0.717, 1.165) is 35.0 Å². The molecule has 0 saturated heterocycles. The third kappa shape index (κ3) is 8.06. The second kappa shape index (κ2) is 12.8. The van der Waals surface area contributed by atoms with E-state index in [-0.39, 0.29) is 5.43 Å². The van der Waals surface area contributed by atoms with Gasteiger partial charge in [-0.2, -0.15) is 10.2 Å². The van der Waals surface area contributed by atoms with Gasteiger partial charge in [0.2, 0.25) is 5.43 Å². The van der Waals surface area contributed by atoms with Crippen molar-refractivity contribution in [1.29, 1.82) is 0 Å². The first-order chi connectivity index (χ1) is 19.8. The van der Waals surface area contributed by atoms with E-state index >= 15 is 0 Å². The number of rotatable bonds is 12. The van der Waals surface area contributed by atoms with Gasteiger partial charge in [0.25, 0.3) is 0 Å². The lowest BCUT2D eigenvalue weighted by Crippen LogP contribution is -2.22.